The van der Waals surface area contributed by atoms with Crippen molar-refractivity contribution < 1.29 is 8.78 Å². The Hall–Kier alpha value is -4.57. The molecule has 6 aromatic rings. The monoisotopic (exact) mass is 482 g/mol. The van der Waals surface area contributed by atoms with Gasteiger partial charge in [-0.1, -0.05) is 25.1 Å². The van der Waals surface area contributed by atoms with Gasteiger partial charge in [-0.15, -0.1) is 0 Å². The fourth-order valence-corrected chi connectivity index (χ4v) is 4.26. The third kappa shape index (κ3) is 3.68. The number of halogens is 2. The molecule has 5 heterocycles. The number of nitrogens with one attached hydrogen (secondary N) is 3. The molecule has 0 saturated carbocycles. The largest absolute Gasteiger partial charge is 0.335 e. The highest BCUT2D eigenvalue weighted by Crippen LogP contribution is 2.34. The zero-order valence-corrected chi connectivity index (χ0v) is 19.2. The van der Waals surface area contributed by atoms with Crippen molar-refractivity contribution in [1.29, 1.82) is 0 Å². The number of H-pyrrole nitrogens is 2. The van der Waals surface area contributed by atoms with Gasteiger partial charge in [-0.25, -0.2) is 18.7 Å². The van der Waals surface area contributed by atoms with Gasteiger partial charge in [0, 0.05) is 41.8 Å². The number of hydrogen-bond donors (Lipinski definition) is 3. The third-order valence-electron chi connectivity index (χ3n) is 5.97. The number of imidazole rings is 1. The average Bonchev–Trinajstić information content (AvgIpc) is 3.53. The van der Waals surface area contributed by atoms with E-state index in [1.165, 1.54) is 12.3 Å². The first-order valence-electron chi connectivity index (χ1n) is 11.4. The number of hydrogen-bond acceptors (Lipinski definition) is 6. The fourth-order valence-electron chi connectivity index (χ4n) is 4.26. The predicted octanol–water partition coefficient (Wildman–Crippen LogP) is 5.01. The summed E-state index contributed by atoms with van der Waals surface area (Å²) in [5.41, 5.74) is 4.26. The second-order valence-electron chi connectivity index (χ2n) is 8.27. The van der Waals surface area contributed by atoms with Gasteiger partial charge >= 0.3 is 0 Å². The molecule has 0 atom stereocenters. The molecular formula is C26H20F2N8. The maximum Gasteiger partial charge on any atom is 0.178 e. The van der Waals surface area contributed by atoms with Crippen LogP contribution in [-0.2, 0) is 6.54 Å². The van der Waals surface area contributed by atoms with E-state index in [4.69, 9.17) is 0 Å². The molecule has 0 aliphatic rings. The Labute approximate surface area is 203 Å². The second kappa shape index (κ2) is 8.90. The molecule has 0 fully saturated rings. The average molecular weight is 482 g/mol. The smallest absolute Gasteiger partial charge is 0.178 e. The van der Waals surface area contributed by atoms with Crippen LogP contribution in [0.4, 0.5) is 8.78 Å². The van der Waals surface area contributed by atoms with Crippen molar-refractivity contribution >= 4 is 22.1 Å². The summed E-state index contributed by atoms with van der Waals surface area (Å²) in [4.78, 5) is 20.6. The predicted molar refractivity (Wildman–Crippen MR) is 133 cm³/mol. The molecule has 3 N–H and O–H groups in total. The van der Waals surface area contributed by atoms with Crippen molar-refractivity contribution in [1.82, 2.24) is 40.4 Å². The molecule has 10 heteroatoms. The Bertz CT molecular complexity index is 1720. The number of aromatic nitrogens is 7. The number of pyridine rings is 3. The Morgan fingerprint density at radius 3 is 2.72 bits per heavy atom. The first-order valence-corrected chi connectivity index (χ1v) is 11.4. The van der Waals surface area contributed by atoms with Crippen molar-refractivity contribution in [2.75, 3.05) is 6.54 Å². The standard InChI is InChI=1S/C26H20F2N8/c1-2-29-10-14-9-15(12-30-11-14)22-21(28)20-19(13-32-22)35-36-24(20)26-33-23-17(7-8-31-25(23)34-26)16-5-3-4-6-18(16)27/h3-9,11-13,29H,2,10H2,1H3,(H,35,36)(H,31,33,34). The minimum absolute atomic E-state index is 0.164. The van der Waals surface area contributed by atoms with Gasteiger partial charge in [0.1, 0.15) is 17.2 Å². The maximum absolute atomic E-state index is 15.9. The van der Waals surface area contributed by atoms with Crippen molar-refractivity contribution in [2.24, 2.45) is 0 Å². The van der Waals surface area contributed by atoms with Crippen molar-refractivity contribution in [2.45, 2.75) is 13.5 Å². The quantitative estimate of drug-likeness (QED) is 0.308. The number of fused-ring (bicyclic) bond motifs is 2. The van der Waals surface area contributed by atoms with Gasteiger partial charge in [0.05, 0.1) is 22.6 Å². The molecule has 0 amide bonds. The molecule has 0 aliphatic carbocycles. The molecule has 5 aromatic heterocycles. The first kappa shape index (κ1) is 21.9. The molecule has 0 bridgehead atoms. The van der Waals surface area contributed by atoms with Crippen LogP contribution in [0, 0.1) is 11.6 Å². The number of benzene rings is 1. The van der Waals surface area contributed by atoms with Crippen LogP contribution < -0.4 is 5.32 Å². The van der Waals surface area contributed by atoms with Crippen LogP contribution in [-0.4, -0.2) is 41.7 Å². The molecule has 0 spiro atoms. The molecule has 1 aromatic carbocycles. The van der Waals surface area contributed by atoms with Crippen LogP contribution in [0.1, 0.15) is 12.5 Å². The Kier molecular flexibility index (Phi) is 5.42. The summed E-state index contributed by atoms with van der Waals surface area (Å²) in [6.45, 7) is 3.44. The minimum Gasteiger partial charge on any atom is -0.335 e. The summed E-state index contributed by atoms with van der Waals surface area (Å²) in [6, 6.07) is 10.0. The lowest BCUT2D eigenvalue weighted by Gasteiger charge is -2.07. The molecule has 6 rings (SSSR count). The minimum atomic E-state index is -0.540. The second-order valence-corrected chi connectivity index (χ2v) is 8.27. The van der Waals surface area contributed by atoms with Gasteiger partial charge in [-0.05, 0) is 30.3 Å². The van der Waals surface area contributed by atoms with E-state index >= 15 is 4.39 Å². The number of rotatable bonds is 6. The fraction of sp³-hybridized carbons (Fsp3) is 0.115. The van der Waals surface area contributed by atoms with E-state index in [1.54, 1.807) is 42.9 Å². The topological polar surface area (TPSA) is 108 Å². The van der Waals surface area contributed by atoms with E-state index in [0.717, 1.165) is 12.1 Å². The van der Waals surface area contributed by atoms with E-state index in [-0.39, 0.29) is 22.6 Å². The van der Waals surface area contributed by atoms with Gasteiger partial charge in [0.25, 0.3) is 0 Å². The summed E-state index contributed by atoms with van der Waals surface area (Å²) in [5.74, 6) is -0.595. The Morgan fingerprint density at radius 2 is 1.86 bits per heavy atom. The first-order chi connectivity index (χ1) is 17.6. The van der Waals surface area contributed by atoms with Gasteiger partial charge in [-0.3, -0.25) is 15.1 Å². The summed E-state index contributed by atoms with van der Waals surface area (Å²) >= 11 is 0. The van der Waals surface area contributed by atoms with Gasteiger partial charge in [-0.2, -0.15) is 5.10 Å². The zero-order valence-electron chi connectivity index (χ0n) is 19.2. The molecular weight excluding hydrogens is 462 g/mol. The molecule has 0 aliphatic heterocycles. The van der Waals surface area contributed by atoms with E-state index in [2.05, 4.69) is 40.4 Å². The third-order valence-corrected chi connectivity index (χ3v) is 5.97. The van der Waals surface area contributed by atoms with Gasteiger partial charge < -0.3 is 10.3 Å². The molecule has 178 valence electrons. The number of aromatic amines is 2. The molecule has 0 saturated heterocycles. The number of nitrogens with zero attached hydrogens (tertiary/aromatic N) is 5. The van der Waals surface area contributed by atoms with E-state index in [9.17, 15) is 4.39 Å². The van der Waals surface area contributed by atoms with E-state index in [1.807, 2.05) is 13.0 Å². The Balaban J connectivity index is 1.48. The molecule has 0 unspecified atom stereocenters. The summed E-state index contributed by atoms with van der Waals surface area (Å²) in [6.07, 6.45) is 6.42. The summed E-state index contributed by atoms with van der Waals surface area (Å²) in [7, 11) is 0. The highest BCUT2D eigenvalue weighted by molar-refractivity contribution is 5.97. The summed E-state index contributed by atoms with van der Waals surface area (Å²) < 4.78 is 30.4. The molecule has 8 nitrogen and oxygen atoms in total. The van der Waals surface area contributed by atoms with Crippen LogP contribution in [0.5, 0.6) is 0 Å². The van der Waals surface area contributed by atoms with Crippen LogP contribution >= 0.6 is 0 Å². The van der Waals surface area contributed by atoms with Crippen LogP contribution in [0.3, 0.4) is 0 Å². The highest BCUT2D eigenvalue weighted by atomic mass is 19.1. The van der Waals surface area contributed by atoms with Crippen molar-refractivity contribution in [3.05, 3.63) is 78.4 Å². The Morgan fingerprint density at radius 1 is 0.972 bits per heavy atom. The van der Waals surface area contributed by atoms with Crippen LogP contribution in [0.25, 0.3) is 56.0 Å². The van der Waals surface area contributed by atoms with E-state index < -0.39 is 5.82 Å². The lowest BCUT2D eigenvalue weighted by molar-refractivity contribution is 0.631. The zero-order chi connectivity index (χ0) is 24.6. The van der Waals surface area contributed by atoms with Crippen molar-refractivity contribution in [3.8, 4) is 33.9 Å². The van der Waals surface area contributed by atoms with Crippen molar-refractivity contribution in [3.63, 3.8) is 0 Å². The SMILES string of the molecule is CCNCc1cncc(-c2ncc3[nH]nc(-c4nc5nccc(-c6ccccc6F)c5[nH]4)c3c2F)c1. The lowest BCUT2D eigenvalue weighted by atomic mass is 10.1. The van der Waals surface area contributed by atoms with E-state index in [0.29, 0.717) is 45.7 Å². The van der Waals surface area contributed by atoms with Gasteiger partial charge in [0.2, 0.25) is 0 Å². The van der Waals surface area contributed by atoms with Crippen LogP contribution in [0.2, 0.25) is 0 Å². The molecule has 0 radical (unpaired) electrons. The normalized spacial score (nSPS) is 11.5. The lowest BCUT2D eigenvalue weighted by Crippen LogP contribution is -2.11. The summed E-state index contributed by atoms with van der Waals surface area (Å²) in [5, 5.41) is 10.6. The highest BCUT2D eigenvalue weighted by Gasteiger charge is 2.22. The maximum atomic E-state index is 15.9. The van der Waals surface area contributed by atoms with Crippen LogP contribution in [0.15, 0.2) is 61.2 Å². The van der Waals surface area contributed by atoms with Gasteiger partial charge in [0.15, 0.2) is 17.3 Å². The molecule has 36 heavy (non-hydrogen) atoms.